The number of carbonyl (C=O) groups excluding carboxylic acids is 2. The van der Waals surface area contributed by atoms with Crippen LogP contribution >= 0.6 is 0 Å². The van der Waals surface area contributed by atoms with E-state index in [1.54, 1.807) is 33.8 Å². The highest BCUT2D eigenvalue weighted by atomic mass is 19.1. The number of hydrogen-bond donors (Lipinski definition) is 0. The van der Waals surface area contributed by atoms with Crippen molar-refractivity contribution in [1.82, 2.24) is 0 Å². The third-order valence-electron chi connectivity index (χ3n) is 3.97. The highest BCUT2D eigenvalue weighted by Gasteiger charge is 2.48. The molecule has 112 valence electrons. The summed E-state index contributed by atoms with van der Waals surface area (Å²) in [6.07, 6.45) is 0. The predicted molar refractivity (Wildman–Crippen MR) is 77.9 cm³/mol. The van der Waals surface area contributed by atoms with E-state index in [0.717, 1.165) is 0 Å². The van der Waals surface area contributed by atoms with Gasteiger partial charge < -0.3 is 4.74 Å². The molecule has 0 N–H and O–H groups in total. The fourth-order valence-electron chi connectivity index (χ4n) is 1.65. The number of benzene rings is 1. The summed E-state index contributed by atoms with van der Waals surface area (Å²) in [6.45, 7) is 6.57. The van der Waals surface area contributed by atoms with E-state index in [2.05, 4.69) is 11.8 Å². The van der Waals surface area contributed by atoms with Gasteiger partial charge in [-0.3, -0.25) is 9.59 Å². The minimum Gasteiger partial charge on any atom is -0.469 e. The topological polar surface area (TPSA) is 43.4 Å². The Balaban J connectivity index is 3.06. The molecule has 0 heterocycles. The van der Waals surface area contributed by atoms with E-state index in [9.17, 15) is 14.0 Å². The van der Waals surface area contributed by atoms with Gasteiger partial charge in [-0.1, -0.05) is 25.8 Å². The summed E-state index contributed by atoms with van der Waals surface area (Å²) >= 11 is 0. The van der Waals surface area contributed by atoms with Crippen molar-refractivity contribution in [2.75, 3.05) is 7.11 Å². The second kappa shape index (κ2) is 6.09. The van der Waals surface area contributed by atoms with Crippen LogP contribution in [0.5, 0.6) is 0 Å². The second-order valence-electron chi connectivity index (χ2n) is 5.83. The lowest BCUT2D eigenvalue weighted by Crippen LogP contribution is -2.45. The van der Waals surface area contributed by atoms with Crippen LogP contribution in [0.3, 0.4) is 0 Å². The molecule has 0 spiro atoms. The number of ketones is 1. The van der Waals surface area contributed by atoms with Crippen LogP contribution in [0, 0.1) is 28.5 Å². The Morgan fingerprint density at radius 3 is 2.29 bits per heavy atom. The van der Waals surface area contributed by atoms with Gasteiger partial charge in [0.25, 0.3) is 0 Å². The minimum absolute atomic E-state index is 0.401. The highest BCUT2D eigenvalue weighted by molar-refractivity contribution is 6.03. The summed E-state index contributed by atoms with van der Waals surface area (Å²) in [5, 5.41) is 0. The molecule has 1 aromatic rings. The molecule has 0 aliphatic rings. The van der Waals surface area contributed by atoms with Gasteiger partial charge >= 0.3 is 5.97 Å². The predicted octanol–water partition coefficient (Wildman–Crippen LogP) is 2.97. The summed E-state index contributed by atoms with van der Waals surface area (Å²) in [6, 6.07) is 5.69. The van der Waals surface area contributed by atoms with Crippen LogP contribution in [0.2, 0.25) is 0 Å². The van der Waals surface area contributed by atoms with Crippen LogP contribution in [0.4, 0.5) is 4.39 Å². The van der Waals surface area contributed by atoms with Crippen molar-refractivity contribution in [2.24, 2.45) is 10.8 Å². The standard InChI is InChI=1S/C17H19FO3/c1-16(2,17(3,4)15(20)21-5)14(19)10-9-12-7-6-8-13(18)11-12/h6-8,11H,1-5H3. The van der Waals surface area contributed by atoms with Gasteiger partial charge in [-0.05, 0) is 38.0 Å². The summed E-state index contributed by atoms with van der Waals surface area (Å²) in [7, 11) is 1.28. The Labute approximate surface area is 124 Å². The van der Waals surface area contributed by atoms with Crippen molar-refractivity contribution in [3.63, 3.8) is 0 Å². The average Bonchev–Trinajstić information content (AvgIpc) is 2.43. The van der Waals surface area contributed by atoms with Crippen molar-refractivity contribution in [1.29, 1.82) is 0 Å². The zero-order chi connectivity index (χ0) is 16.3. The molecule has 0 atom stereocenters. The number of halogens is 1. The van der Waals surface area contributed by atoms with Gasteiger partial charge in [0.15, 0.2) is 0 Å². The molecule has 4 heteroatoms. The molecule has 0 bridgehead atoms. The van der Waals surface area contributed by atoms with Crippen molar-refractivity contribution in [2.45, 2.75) is 27.7 Å². The van der Waals surface area contributed by atoms with Gasteiger partial charge in [-0.15, -0.1) is 0 Å². The number of hydrogen-bond acceptors (Lipinski definition) is 3. The number of ether oxygens (including phenoxy) is 1. The normalized spacial score (nSPS) is 11.3. The lowest BCUT2D eigenvalue weighted by molar-refractivity contribution is -0.160. The van der Waals surface area contributed by atoms with Gasteiger partial charge in [0.2, 0.25) is 5.78 Å². The van der Waals surface area contributed by atoms with E-state index >= 15 is 0 Å². The Bertz CT molecular complexity index is 618. The largest absolute Gasteiger partial charge is 0.469 e. The van der Waals surface area contributed by atoms with Crippen LogP contribution in [0.15, 0.2) is 24.3 Å². The van der Waals surface area contributed by atoms with Crippen LogP contribution in [0.25, 0.3) is 0 Å². The maximum absolute atomic E-state index is 13.1. The minimum atomic E-state index is -1.03. The third kappa shape index (κ3) is 3.49. The molecule has 21 heavy (non-hydrogen) atoms. The third-order valence-corrected chi connectivity index (χ3v) is 3.97. The number of rotatable bonds is 3. The van der Waals surface area contributed by atoms with Crippen molar-refractivity contribution >= 4 is 11.8 Å². The molecule has 0 aromatic heterocycles. The fraction of sp³-hybridized carbons (Fsp3) is 0.412. The first kappa shape index (κ1) is 16.9. The lowest BCUT2D eigenvalue weighted by atomic mass is 9.65. The first-order chi connectivity index (χ1) is 9.62. The summed E-state index contributed by atoms with van der Waals surface area (Å²) in [4.78, 5) is 24.1. The summed E-state index contributed by atoms with van der Waals surface area (Å²) in [5.74, 6) is 3.82. The van der Waals surface area contributed by atoms with E-state index < -0.39 is 28.4 Å². The molecule has 0 unspecified atom stereocenters. The lowest BCUT2D eigenvalue weighted by Gasteiger charge is -2.36. The molecule has 0 saturated heterocycles. The van der Waals surface area contributed by atoms with Gasteiger partial charge in [0.05, 0.1) is 17.9 Å². The monoisotopic (exact) mass is 290 g/mol. The second-order valence-corrected chi connectivity index (χ2v) is 5.83. The molecule has 0 amide bonds. The zero-order valence-electron chi connectivity index (χ0n) is 12.9. The quantitative estimate of drug-likeness (QED) is 0.635. The number of methoxy groups -OCH3 is 1. The van der Waals surface area contributed by atoms with E-state index in [0.29, 0.717) is 5.56 Å². The smallest absolute Gasteiger partial charge is 0.312 e. The van der Waals surface area contributed by atoms with Gasteiger partial charge in [0.1, 0.15) is 5.82 Å². The van der Waals surface area contributed by atoms with Gasteiger partial charge in [-0.25, -0.2) is 4.39 Å². The van der Waals surface area contributed by atoms with Crippen molar-refractivity contribution in [3.05, 3.63) is 35.6 Å². The Kier molecular flexibility index (Phi) is 4.90. The van der Waals surface area contributed by atoms with Crippen molar-refractivity contribution in [3.8, 4) is 11.8 Å². The molecular weight excluding hydrogens is 271 g/mol. The summed E-state index contributed by atoms with van der Waals surface area (Å²) in [5.41, 5.74) is -1.63. The average molecular weight is 290 g/mol. The Morgan fingerprint density at radius 2 is 1.76 bits per heavy atom. The Morgan fingerprint density at radius 1 is 1.14 bits per heavy atom. The molecule has 0 fully saturated rings. The molecule has 1 rings (SSSR count). The van der Waals surface area contributed by atoms with E-state index in [-0.39, 0.29) is 0 Å². The van der Waals surface area contributed by atoms with Crippen LogP contribution in [-0.4, -0.2) is 18.9 Å². The molecule has 0 aliphatic carbocycles. The van der Waals surface area contributed by atoms with Crippen LogP contribution in [0.1, 0.15) is 33.3 Å². The highest BCUT2D eigenvalue weighted by Crippen LogP contribution is 2.40. The number of esters is 1. The maximum Gasteiger partial charge on any atom is 0.312 e. The molecule has 0 aliphatic heterocycles. The van der Waals surface area contributed by atoms with E-state index in [1.165, 1.54) is 25.3 Å². The molecular formula is C17H19FO3. The van der Waals surface area contributed by atoms with Crippen LogP contribution < -0.4 is 0 Å². The van der Waals surface area contributed by atoms with E-state index in [1.807, 2.05) is 0 Å². The Hall–Kier alpha value is -2.15. The number of carbonyl (C=O) groups is 2. The van der Waals surface area contributed by atoms with Gasteiger partial charge in [0, 0.05) is 5.56 Å². The maximum atomic E-state index is 13.1. The van der Waals surface area contributed by atoms with E-state index in [4.69, 9.17) is 4.74 Å². The van der Waals surface area contributed by atoms with Crippen molar-refractivity contribution < 1.29 is 18.7 Å². The molecule has 0 radical (unpaired) electrons. The van der Waals surface area contributed by atoms with Gasteiger partial charge in [-0.2, -0.15) is 0 Å². The SMILES string of the molecule is COC(=O)C(C)(C)C(C)(C)C(=O)C#Cc1cccc(F)c1. The van der Waals surface area contributed by atoms with Crippen LogP contribution in [-0.2, 0) is 14.3 Å². The molecule has 0 saturated carbocycles. The first-order valence-corrected chi connectivity index (χ1v) is 6.53. The molecule has 3 nitrogen and oxygen atoms in total. The molecule has 1 aromatic carbocycles. The summed E-state index contributed by atoms with van der Waals surface area (Å²) < 4.78 is 17.8. The number of Topliss-reactive ketones (excluding diaryl/α,β-unsaturated/α-hetero) is 1. The first-order valence-electron chi connectivity index (χ1n) is 6.53. The zero-order valence-corrected chi connectivity index (χ0v) is 12.9. The fourth-order valence-corrected chi connectivity index (χ4v) is 1.65.